The minimum absolute atomic E-state index is 0.0642. The first kappa shape index (κ1) is 18.7. The molecule has 1 N–H and O–H groups in total. The van der Waals surface area contributed by atoms with Crippen molar-refractivity contribution < 1.29 is 22.7 Å². The molecule has 0 atom stereocenters. The second-order valence-corrected chi connectivity index (χ2v) is 5.84. The fourth-order valence-electron chi connectivity index (χ4n) is 1.91. The molecular formula is C15H9Cl3F3NO2. The van der Waals surface area contributed by atoms with Gasteiger partial charge < -0.3 is 10.1 Å². The summed E-state index contributed by atoms with van der Waals surface area (Å²) < 4.78 is 43.5. The zero-order valence-corrected chi connectivity index (χ0v) is 14.2. The summed E-state index contributed by atoms with van der Waals surface area (Å²) in [5.74, 6) is -0.488. The molecule has 24 heavy (non-hydrogen) atoms. The SMILES string of the molecule is COc1c(Cl)cc(C(=O)Nc2ccc(Cl)c(C(F)(F)F)c2)cc1Cl. The topological polar surface area (TPSA) is 38.3 Å². The van der Waals surface area contributed by atoms with Gasteiger partial charge in [-0.2, -0.15) is 13.2 Å². The summed E-state index contributed by atoms with van der Waals surface area (Å²) in [6.45, 7) is 0. The van der Waals surface area contributed by atoms with Crippen molar-refractivity contribution in [2.24, 2.45) is 0 Å². The number of nitrogens with one attached hydrogen (secondary N) is 1. The second kappa shape index (κ2) is 7.09. The number of methoxy groups -OCH3 is 1. The summed E-state index contributed by atoms with van der Waals surface area (Å²) in [4.78, 5) is 12.2. The van der Waals surface area contributed by atoms with Crippen molar-refractivity contribution in [1.29, 1.82) is 0 Å². The Morgan fingerprint density at radius 1 is 1.04 bits per heavy atom. The van der Waals surface area contributed by atoms with E-state index in [2.05, 4.69) is 5.32 Å². The zero-order chi connectivity index (χ0) is 18.1. The number of carbonyl (C=O) groups excluding carboxylic acids is 1. The van der Waals surface area contributed by atoms with E-state index in [1.165, 1.54) is 25.3 Å². The maximum atomic E-state index is 12.8. The molecule has 0 aliphatic carbocycles. The third kappa shape index (κ3) is 4.06. The van der Waals surface area contributed by atoms with E-state index in [0.29, 0.717) is 0 Å². The summed E-state index contributed by atoms with van der Waals surface area (Å²) in [7, 11) is 1.36. The Kier molecular flexibility index (Phi) is 5.52. The van der Waals surface area contributed by atoms with Crippen LogP contribution in [0.25, 0.3) is 0 Å². The van der Waals surface area contributed by atoms with Gasteiger partial charge in [0, 0.05) is 11.3 Å². The Bertz CT molecular complexity index is 771. The predicted molar refractivity (Wildman–Crippen MR) is 87.4 cm³/mol. The first-order valence-corrected chi connectivity index (χ1v) is 7.48. The third-order valence-corrected chi connectivity index (χ3v) is 3.89. The molecule has 0 unspecified atom stereocenters. The second-order valence-electron chi connectivity index (χ2n) is 4.62. The van der Waals surface area contributed by atoms with Crippen molar-refractivity contribution in [3.05, 3.63) is 56.5 Å². The largest absolute Gasteiger partial charge is 0.494 e. The Hall–Kier alpha value is -1.63. The van der Waals surface area contributed by atoms with Crippen LogP contribution in [0.1, 0.15) is 15.9 Å². The van der Waals surface area contributed by atoms with Crippen LogP contribution in [0, 0.1) is 0 Å². The van der Waals surface area contributed by atoms with Crippen molar-refractivity contribution in [3.8, 4) is 5.75 Å². The van der Waals surface area contributed by atoms with Crippen molar-refractivity contribution in [3.63, 3.8) is 0 Å². The van der Waals surface area contributed by atoms with E-state index in [4.69, 9.17) is 39.5 Å². The van der Waals surface area contributed by atoms with Gasteiger partial charge in [0.15, 0.2) is 5.75 Å². The molecule has 2 aromatic carbocycles. The van der Waals surface area contributed by atoms with Gasteiger partial charge in [-0.05, 0) is 30.3 Å². The first-order valence-electron chi connectivity index (χ1n) is 6.34. The van der Waals surface area contributed by atoms with Crippen LogP contribution < -0.4 is 10.1 Å². The molecule has 0 saturated carbocycles. The van der Waals surface area contributed by atoms with Crippen LogP contribution in [0.4, 0.5) is 18.9 Å². The van der Waals surface area contributed by atoms with Gasteiger partial charge in [-0.3, -0.25) is 4.79 Å². The fourth-order valence-corrected chi connectivity index (χ4v) is 2.78. The minimum Gasteiger partial charge on any atom is -0.494 e. The lowest BCUT2D eigenvalue weighted by Gasteiger charge is -2.12. The van der Waals surface area contributed by atoms with Gasteiger partial charge in [0.25, 0.3) is 5.91 Å². The number of alkyl halides is 3. The number of amides is 1. The Labute approximate surface area is 150 Å². The molecule has 0 aromatic heterocycles. The molecule has 0 bridgehead atoms. The average Bonchev–Trinajstić information content (AvgIpc) is 2.47. The summed E-state index contributed by atoms with van der Waals surface area (Å²) >= 11 is 17.4. The van der Waals surface area contributed by atoms with E-state index >= 15 is 0 Å². The lowest BCUT2D eigenvalue weighted by molar-refractivity contribution is -0.137. The highest BCUT2D eigenvalue weighted by molar-refractivity contribution is 6.37. The lowest BCUT2D eigenvalue weighted by Crippen LogP contribution is -2.13. The molecule has 2 aromatic rings. The molecule has 0 aliphatic rings. The van der Waals surface area contributed by atoms with Crippen LogP contribution in [0.15, 0.2) is 30.3 Å². The van der Waals surface area contributed by atoms with Crippen molar-refractivity contribution >= 4 is 46.4 Å². The highest BCUT2D eigenvalue weighted by atomic mass is 35.5. The van der Waals surface area contributed by atoms with Gasteiger partial charge in [0.2, 0.25) is 0 Å². The van der Waals surface area contributed by atoms with Crippen LogP contribution in [-0.4, -0.2) is 13.0 Å². The molecule has 0 heterocycles. The molecular weight excluding hydrogens is 390 g/mol. The smallest absolute Gasteiger partial charge is 0.417 e. The van der Waals surface area contributed by atoms with Crippen molar-refractivity contribution in [2.75, 3.05) is 12.4 Å². The van der Waals surface area contributed by atoms with Gasteiger partial charge in [0.1, 0.15) is 0 Å². The van der Waals surface area contributed by atoms with E-state index in [0.717, 1.165) is 12.1 Å². The first-order chi connectivity index (χ1) is 11.1. The highest BCUT2D eigenvalue weighted by Crippen LogP contribution is 2.37. The molecule has 1 amide bonds. The number of hydrogen-bond acceptors (Lipinski definition) is 2. The molecule has 128 valence electrons. The van der Waals surface area contributed by atoms with E-state index in [1.807, 2.05) is 0 Å². The predicted octanol–water partition coefficient (Wildman–Crippen LogP) is 5.93. The monoisotopic (exact) mass is 397 g/mol. The summed E-state index contributed by atoms with van der Waals surface area (Å²) in [5, 5.41) is 2.07. The Balaban J connectivity index is 2.31. The maximum Gasteiger partial charge on any atom is 0.417 e. The van der Waals surface area contributed by atoms with E-state index in [9.17, 15) is 18.0 Å². The molecule has 2 rings (SSSR count). The Morgan fingerprint density at radius 3 is 2.12 bits per heavy atom. The summed E-state index contributed by atoms with van der Waals surface area (Å²) in [6.07, 6.45) is -4.63. The molecule has 0 spiro atoms. The zero-order valence-electron chi connectivity index (χ0n) is 12.0. The van der Waals surface area contributed by atoms with E-state index in [-0.39, 0.29) is 27.0 Å². The van der Waals surface area contributed by atoms with Crippen molar-refractivity contribution in [1.82, 2.24) is 0 Å². The third-order valence-electron chi connectivity index (χ3n) is 2.99. The quantitative estimate of drug-likeness (QED) is 0.696. The highest BCUT2D eigenvalue weighted by Gasteiger charge is 2.33. The van der Waals surface area contributed by atoms with Gasteiger partial charge >= 0.3 is 6.18 Å². The molecule has 0 aliphatic heterocycles. The maximum absolute atomic E-state index is 12.8. The van der Waals surface area contributed by atoms with Crippen LogP contribution in [0.2, 0.25) is 15.1 Å². The van der Waals surface area contributed by atoms with Crippen molar-refractivity contribution in [2.45, 2.75) is 6.18 Å². The van der Waals surface area contributed by atoms with Crippen LogP contribution in [0.5, 0.6) is 5.75 Å². The lowest BCUT2D eigenvalue weighted by atomic mass is 10.1. The summed E-state index contributed by atoms with van der Waals surface area (Å²) in [6, 6.07) is 5.63. The standard InChI is InChI=1S/C15H9Cl3F3NO2/c1-24-13-11(17)4-7(5-12(13)18)14(23)22-8-2-3-10(16)9(6-8)15(19,20)21/h2-6H,1H3,(H,22,23). The fraction of sp³-hybridized carbons (Fsp3) is 0.133. The number of hydrogen-bond donors (Lipinski definition) is 1. The van der Waals surface area contributed by atoms with Gasteiger partial charge in [-0.15, -0.1) is 0 Å². The van der Waals surface area contributed by atoms with Crippen LogP contribution in [-0.2, 0) is 6.18 Å². The van der Waals surface area contributed by atoms with Gasteiger partial charge in [-0.1, -0.05) is 34.8 Å². The molecule has 3 nitrogen and oxygen atoms in total. The average molecular weight is 399 g/mol. The van der Waals surface area contributed by atoms with Crippen LogP contribution in [0.3, 0.4) is 0 Å². The van der Waals surface area contributed by atoms with E-state index < -0.39 is 22.7 Å². The molecule has 9 heteroatoms. The number of ether oxygens (including phenoxy) is 1. The summed E-state index contributed by atoms with van der Waals surface area (Å²) in [5.41, 5.74) is -1.05. The Morgan fingerprint density at radius 2 is 1.62 bits per heavy atom. The van der Waals surface area contributed by atoms with E-state index in [1.54, 1.807) is 0 Å². The van der Waals surface area contributed by atoms with Gasteiger partial charge in [-0.25, -0.2) is 0 Å². The van der Waals surface area contributed by atoms with Crippen LogP contribution >= 0.6 is 34.8 Å². The minimum atomic E-state index is -4.63. The molecule has 0 saturated heterocycles. The number of benzene rings is 2. The molecule has 0 fully saturated rings. The number of halogens is 6. The number of rotatable bonds is 3. The van der Waals surface area contributed by atoms with Gasteiger partial charge in [0.05, 0.1) is 27.7 Å². The molecule has 0 radical (unpaired) electrons. The normalized spacial score (nSPS) is 11.3. The number of carbonyl (C=O) groups is 1. The number of anilines is 1.